The molecule has 210 valence electrons. The van der Waals surface area contributed by atoms with E-state index in [1.807, 2.05) is 49.6 Å². The van der Waals surface area contributed by atoms with Gasteiger partial charge in [0.05, 0.1) is 33.1 Å². The first kappa shape index (κ1) is 24.1. The van der Waals surface area contributed by atoms with Crippen LogP contribution in [0.25, 0.3) is 82.5 Å². The van der Waals surface area contributed by atoms with Crippen molar-refractivity contribution in [1.82, 2.24) is 33.6 Å². The molecule has 7 aromatic heterocycles. The summed E-state index contributed by atoms with van der Waals surface area (Å²) in [5.41, 5.74) is 10.0. The second-order valence-electron chi connectivity index (χ2n) is 11.3. The maximum absolute atomic E-state index is 4.42. The quantitative estimate of drug-likeness (QED) is 0.211. The van der Waals surface area contributed by atoms with E-state index in [1.165, 1.54) is 10.8 Å². The van der Waals surface area contributed by atoms with Crippen molar-refractivity contribution in [2.45, 2.75) is 0 Å². The summed E-state index contributed by atoms with van der Waals surface area (Å²) in [6.45, 7) is 0. The Hall–Kier alpha value is -6.34. The average molecular weight is 578 g/mol. The van der Waals surface area contributed by atoms with E-state index < -0.39 is 0 Å². The Kier molecular flexibility index (Phi) is 4.87. The lowest BCUT2D eigenvalue weighted by Gasteiger charge is -2.10. The van der Waals surface area contributed by atoms with Crippen LogP contribution in [0.15, 0.2) is 141 Å². The Balaban J connectivity index is 1.31. The van der Waals surface area contributed by atoms with Crippen molar-refractivity contribution >= 4 is 65.4 Å². The summed E-state index contributed by atoms with van der Waals surface area (Å²) in [5.74, 6) is 0. The monoisotopic (exact) mass is 577 g/mol. The van der Waals surface area contributed by atoms with Crippen LogP contribution in [0.4, 0.5) is 0 Å². The van der Waals surface area contributed by atoms with Gasteiger partial charge in [0, 0.05) is 99.0 Å². The van der Waals surface area contributed by atoms with Gasteiger partial charge in [-0.05, 0) is 72.8 Å². The SMILES string of the molecule is c1ccc(-n2c3ccc(-n4c5ccncc5c5cnccc54)cc3c3cc(-n4c5ccncc5c5cnccc54)ccc32)cc1. The number of rotatable bonds is 3. The van der Waals surface area contributed by atoms with E-state index in [-0.39, 0.29) is 0 Å². The lowest BCUT2D eigenvalue weighted by Crippen LogP contribution is -1.96. The molecule has 7 nitrogen and oxygen atoms in total. The van der Waals surface area contributed by atoms with Crippen LogP contribution < -0.4 is 0 Å². The molecule has 3 aromatic carbocycles. The predicted molar refractivity (Wildman–Crippen MR) is 181 cm³/mol. The molecule has 0 unspecified atom stereocenters. The highest BCUT2D eigenvalue weighted by molar-refractivity contribution is 6.13. The van der Waals surface area contributed by atoms with Crippen molar-refractivity contribution in [2.75, 3.05) is 0 Å². The molecular weight excluding hydrogens is 554 g/mol. The maximum Gasteiger partial charge on any atom is 0.0572 e. The molecule has 0 aliphatic heterocycles. The summed E-state index contributed by atoms with van der Waals surface area (Å²) in [6, 6.07) is 32.5. The fraction of sp³-hybridized carbons (Fsp3) is 0. The van der Waals surface area contributed by atoms with E-state index in [0.717, 1.165) is 71.7 Å². The van der Waals surface area contributed by atoms with Gasteiger partial charge >= 0.3 is 0 Å². The highest BCUT2D eigenvalue weighted by atomic mass is 15.0. The zero-order chi connectivity index (χ0) is 29.5. The Bertz CT molecular complexity index is 2490. The van der Waals surface area contributed by atoms with Crippen molar-refractivity contribution in [3.63, 3.8) is 0 Å². The molecule has 0 aliphatic carbocycles. The molecule has 7 heteroatoms. The van der Waals surface area contributed by atoms with E-state index >= 15 is 0 Å². The van der Waals surface area contributed by atoms with Crippen LogP contribution in [0.2, 0.25) is 0 Å². The van der Waals surface area contributed by atoms with E-state index in [1.54, 1.807) is 0 Å². The van der Waals surface area contributed by atoms with Crippen LogP contribution in [-0.2, 0) is 0 Å². The summed E-state index contributed by atoms with van der Waals surface area (Å²) in [6.07, 6.45) is 15.1. The third kappa shape index (κ3) is 3.34. The number of nitrogens with zero attached hydrogens (tertiary/aromatic N) is 7. The average Bonchev–Trinajstić information content (AvgIpc) is 3.74. The molecule has 10 rings (SSSR count). The molecule has 0 amide bonds. The second kappa shape index (κ2) is 9.08. The highest BCUT2D eigenvalue weighted by Gasteiger charge is 2.19. The minimum atomic E-state index is 1.09. The number of aromatic nitrogens is 7. The number of pyridine rings is 4. The van der Waals surface area contributed by atoms with Gasteiger partial charge in [0.2, 0.25) is 0 Å². The molecule has 0 N–H and O–H groups in total. The third-order valence-corrected chi connectivity index (χ3v) is 9.00. The molecule has 7 heterocycles. The number of hydrogen-bond acceptors (Lipinski definition) is 4. The summed E-state index contributed by atoms with van der Waals surface area (Å²) >= 11 is 0. The Morgan fingerprint density at radius 1 is 0.311 bits per heavy atom. The minimum absolute atomic E-state index is 1.09. The fourth-order valence-corrected chi connectivity index (χ4v) is 7.11. The Morgan fingerprint density at radius 3 is 1.07 bits per heavy atom. The second-order valence-corrected chi connectivity index (χ2v) is 11.3. The van der Waals surface area contributed by atoms with Gasteiger partial charge in [-0.25, -0.2) is 0 Å². The summed E-state index contributed by atoms with van der Waals surface area (Å²) in [4.78, 5) is 17.7. The van der Waals surface area contributed by atoms with Gasteiger partial charge in [-0.1, -0.05) is 18.2 Å². The van der Waals surface area contributed by atoms with Crippen molar-refractivity contribution in [1.29, 1.82) is 0 Å². The molecule has 0 saturated heterocycles. The molecule has 45 heavy (non-hydrogen) atoms. The number of para-hydroxylation sites is 1. The van der Waals surface area contributed by atoms with Gasteiger partial charge in [-0.15, -0.1) is 0 Å². The van der Waals surface area contributed by atoms with E-state index in [2.05, 4.69) is 125 Å². The van der Waals surface area contributed by atoms with Crippen molar-refractivity contribution < 1.29 is 0 Å². The van der Waals surface area contributed by atoms with Gasteiger partial charge in [0.1, 0.15) is 0 Å². The number of benzene rings is 3. The van der Waals surface area contributed by atoms with Crippen LogP contribution in [-0.4, -0.2) is 33.6 Å². The van der Waals surface area contributed by atoms with E-state index in [9.17, 15) is 0 Å². The first-order valence-electron chi connectivity index (χ1n) is 14.9. The van der Waals surface area contributed by atoms with E-state index in [0.29, 0.717) is 0 Å². The smallest absolute Gasteiger partial charge is 0.0572 e. The third-order valence-electron chi connectivity index (χ3n) is 9.00. The molecule has 0 bridgehead atoms. The predicted octanol–water partition coefficient (Wildman–Crippen LogP) is 8.56. The summed E-state index contributed by atoms with van der Waals surface area (Å²) < 4.78 is 6.99. The van der Waals surface area contributed by atoms with Gasteiger partial charge in [0.15, 0.2) is 0 Å². The largest absolute Gasteiger partial charge is 0.309 e. The molecule has 0 spiro atoms. The normalized spacial score (nSPS) is 12.0. The zero-order valence-corrected chi connectivity index (χ0v) is 23.9. The zero-order valence-electron chi connectivity index (χ0n) is 23.9. The van der Waals surface area contributed by atoms with Crippen LogP contribution in [0.1, 0.15) is 0 Å². The van der Waals surface area contributed by atoms with Crippen LogP contribution >= 0.6 is 0 Å². The molecule has 10 aromatic rings. The summed E-state index contributed by atoms with van der Waals surface area (Å²) in [5, 5.41) is 6.70. The van der Waals surface area contributed by atoms with Crippen molar-refractivity contribution in [2.24, 2.45) is 0 Å². The highest BCUT2D eigenvalue weighted by Crippen LogP contribution is 2.38. The summed E-state index contributed by atoms with van der Waals surface area (Å²) in [7, 11) is 0. The number of fused-ring (bicyclic) bond motifs is 9. The lowest BCUT2D eigenvalue weighted by atomic mass is 10.1. The molecule has 0 atom stereocenters. The molecule has 0 aliphatic rings. The van der Waals surface area contributed by atoms with Crippen LogP contribution in [0.5, 0.6) is 0 Å². The van der Waals surface area contributed by atoms with Crippen LogP contribution in [0.3, 0.4) is 0 Å². The first-order valence-corrected chi connectivity index (χ1v) is 14.9. The van der Waals surface area contributed by atoms with Gasteiger partial charge in [-0.2, -0.15) is 0 Å². The van der Waals surface area contributed by atoms with Gasteiger partial charge in [-0.3, -0.25) is 19.9 Å². The van der Waals surface area contributed by atoms with Crippen molar-refractivity contribution in [3.8, 4) is 17.1 Å². The Labute approximate surface area is 256 Å². The van der Waals surface area contributed by atoms with Crippen molar-refractivity contribution in [3.05, 3.63) is 141 Å². The number of hydrogen-bond donors (Lipinski definition) is 0. The standard InChI is InChI=1S/C38H23N7/c1-2-4-24(5-3-1)43-33-8-6-25(44-35-10-14-39-20-29(35)30-21-40-15-11-36(30)44)18-27(33)28-19-26(7-9-34(28)43)45-37-12-16-41-22-31(37)32-23-42-17-13-38(32)45/h1-23H. The minimum Gasteiger partial charge on any atom is -0.309 e. The fourth-order valence-electron chi connectivity index (χ4n) is 7.11. The van der Waals surface area contributed by atoms with Gasteiger partial charge < -0.3 is 13.7 Å². The topological polar surface area (TPSA) is 66.3 Å². The van der Waals surface area contributed by atoms with E-state index in [4.69, 9.17) is 0 Å². The molecule has 0 saturated carbocycles. The molecule has 0 radical (unpaired) electrons. The first-order chi connectivity index (χ1) is 22.3. The maximum atomic E-state index is 4.42. The Morgan fingerprint density at radius 2 is 0.667 bits per heavy atom. The molecule has 0 fully saturated rings. The van der Waals surface area contributed by atoms with Gasteiger partial charge in [0.25, 0.3) is 0 Å². The molecular formula is C38H23N7. The van der Waals surface area contributed by atoms with Crippen LogP contribution in [0, 0.1) is 0 Å². The lowest BCUT2D eigenvalue weighted by molar-refractivity contribution is 1.15.